The Morgan fingerprint density at radius 3 is 1.44 bits per heavy atom. The van der Waals surface area contributed by atoms with Crippen LogP contribution in [-0.2, 0) is 0 Å². The fraction of sp³-hybridized carbons (Fsp3) is 0.600. The maximum Gasteiger partial charge on any atom is 0.226 e. The zero-order chi connectivity index (χ0) is 7.65. The fourth-order valence-corrected chi connectivity index (χ4v) is 0.850. The lowest BCUT2D eigenvalue weighted by molar-refractivity contribution is 1.27. The molecule has 0 bridgehead atoms. The lowest BCUT2D eigenvalue weighted by Gasteiger charge is -2.09. The summed E-state index contributed by atoms with van der Waals surface area (Å²) >= 11 is 21.8. The molecule has 0 spiro atoms. The minimum absolute atomic E-state index is 0.271. The zero-order valence-corrected chi connectivity index (χ0v) is 8.04. The summed E-state index contributed by atoms with van der Waals surface area (Å²) < 4.78 is -1.46. The first kappa shape index (κ1) is 9.90. The van der Waals surface area contributed by atoms with Gasteiger partial charge in [0.1, 0.15) is 0 Å². The quantitative estimate of drug-likeness (QED) is 0.529. The fourth-order valence-electron chi connectivity index (χ4n) is 0.283. The normalized spacial score (nSPS) is 11.3. The summed E-state index contributed by atoms with van der Waals surface area (Å²) in [5, 5.41) is 0.271. The van der Waals surface area contributed by atoms with Gasteiger partial charge in [0.05, 0.1) is 5.03 Å². The van der Waals surface area contributed by atoms with Crippen LogP contribution in [-0.4, -0.2) is 3.79 Å². The Kier molecular flexibility index (Phi) is 3.67. The molecule has 0 N–H and O–H groups in total. The summed E-state index contributed by atoms with van der Waals surface area (Å²) in [6.45, 7) is 3.56. The molecule has 0 aliphatic rings. The van der Waals surface area contributed by atoms with E-state index in [2.05, 4.69) is 0 Å². The average Bonchev–Trinajstić information content (AvgIpc) is 1.62. The molecule has 0 radical (unpaired) electrons. The van der Waals surface area contributed by atoms with Crippen LogP contribution in [0.2, 0.25) is 0 Å². The van der Waals surface area contributed by atoms with Crippen LogP contribution in [0.5, 0.6) is 0 Å². The molecule has 4 heteroatoms. The molecule has 0 atom stereocenters. The van der Waals surface area contributed by atoms with E-state index in [0.717, 1.165) is 5.57 Å². The molecule has 0 saturated heterocycles. The van der Waals surface area contributed by atoms with Gasteiger partial charge < -0.3 is 0 Å². The van der Waals surface area contributed by atoms with Crippen molar-refractivity contribution < 1.29 is 0 Å². The molecule has 0 heterocycles. The Hall–Kier alpha value is 0.900. The SMILES string of the molecule is CC(C)=C(Cl)C(Cl)(Cl)Cl. The Labute approximate surface area is 74.7 Å². The highest BCUT2D eigenvalue weighted by Crippen LogP contribution is 2.38. The van der Waals surface area contributed by atoms with Gasteiger partial charge in [0.15, 0.2) is 0 Å². The second-order valence-corrected chi connectivity index (χ2v) is 4.47. The van der Waals surface area contributed by atoms with Crippen LogP contribution in [0.1, 0.15) is 13.8 Å². The molecule has 0 fully saturated rings. The van der Waals surface area contributed by atoms with Gasteiger partial charge in [0.25, 0.3) is 0 Å². The van der Waals surface area contributed by atoms with Crippen molar-refractivity contribution in [1.82, 2.24) is 0 Å². The third-order valence-electron chi connectivity index (χ3n) is 0.688. The van der Waals surface area contributed by atoms with E-state index in [0.29, 0.717) is 0 Å². The van der Waals surface area contributed by atoms with Crippen molar-refractivity contribution in [2.75, 3.05) is 0 Å². The highest BCUT2D eigenvalue weighted by atomic mass is 35.6. The van der Waals surface area contributed by atoms with Crippen molar-refractivity contribution in [2.45, 2.75) is 17.6 Å². The topological polar surface area (TPSA) is 0 Å². The van der Waals surface area contributed by atoms with Crippen molar-refractivity contribution in [2.24, 2.45) is 0 Å². The Balaban J connectivity index is 4.40. The predicted molar refractivity (Wildman–Crippen MR) is 44.5 cm³/mol. The molecule has 0 unspecified atom stereocenters. The zero-order valence-electron chi connectivity index (χ0n) is 5.01. The van der Waals surface area contributed by atoms with E-state index >= 15 is 0 Å². The minimum Gasteiger partial charge on any atom is -0.0845 e. The summed E-state index contributed by atoms with van der Waals surface area (Å²) in [5.41, 5.74) is 0.816. The van der Waals surface area contributed by atoms with Gasteiger partial charge in [-0.3, -0.25) is 0 Å². The van der Waals surface area contributed by atoms with Crippen molar-refractivity contribution >= 4 is 46.4 Å². The first-order valence-electron chi connectivity index (χ1n) is 2.26. The average molecular weight is 208 g/mol. The molecular formula is C5H6Cl4. The van der Waals surface area contributed by atoms with Crippen LogP contribution in [0, 0.1) is 0 Å². The molecule has 54 valence electrons. The van der Waals surface area contributed by atoms with Crippen LogP contribution in [0.15, 0.2) is 10.6 Å². The van der Waals surface area contributed by atoms with Crippen molar-refractivity contribution in [3.8, 4) is 0 Å². The van der Waals surface area contributed by atoms with Gasteiger partial charge in [0.2, 0.25) is 3.79 Å². The largest absolute Gasteiger partial charge is 0.226 e. The molecule has 0 aromatic heterocycles. The van der Waals surface area contributed by atoms with Gasteiger partial charge in [-0.2, -0.15) is 0 Å². The van der Waals surface area contributed by atoms with E-state index in [-0.39, 0.29) is 5.03 Å². The molecule has 0 rings (SSSR count). The van der Waals surface area contributed by atoms with E-state index in [1.54, 1.807) is 13.8 Å². The summed E-state index contributed by atoms with van der Waals surface area (Å²) in [5.74, 6) is 0. The Bertz CT molecular complexity index is 126. The number of alkyl halides is 3. The van der Waals surface area contributed by atoms with Crippen LogP contribution < -0.4 is 0 Å². The number of rotatable bonds is 0. The second kappa shape index (κ2) is 3.34. The highest BCUT2D eigenvalue weighted by Gasteiger charge is 2.24. The Morgan fingerprint density at radius 1 is 1.11 bits per heavy atom. The number of hydrogen-bond donors (Lipinski definition) is 0. The first-order chi connectivity index (χ1) is 3.85. The summed E-state index contributed by atoms with van der Waals surface area (Å²) in [6, 6.07) is 0. The molecule has 0 saturated carbocycles. The predicted octanol–water partition coefficient (Wildman–Crippen LogP) is 3.89. The van der Waals surface area contributed by atoms with Gasteiger partial charge in [-0.05, 0) is 13.8 Å². The first-order valence-corrected chi connectivity index (χ1v) is 3.77. The van der Waals surface area contributed by atoms with Crippen molar-refractivity contribution in [3.05, 3.63) is 10.6 Å². The maximum absolute atomic E-state index is 5.58. The van der Waals surface area contributed by atoms with E-state index < -0.39 is 3.79 Å². The van der Waals surface area contributed by atoms with Gasteiger partial charge in [-0.1, -0.05) is 52.0 Å². The molecular weight excluding hydrogens is 202 g/mol. The third-order valence-corrected chi connectivity index (χ3v) is 2.21. The van der Waals surface area contributed by atoms with Crippen molar-refractivity contribution in [1.29, 1.82) is 0 Å². The summed E-state index contributed by atoms with van der Waals surface area (Å²) in [7, 11) is 0. The van der Waals surface area contributed by atoms with E-state index in [9.17, 15) is 0 Å². The standard InChI is InChI=1S/C5H6Cl4/c1-3(2)4(6)5(7,8)9/h1-2H3. The van der Waals surface area contributed by atoms with Crippen molar-refractivity contribution in [3.63, 3.8) is 0 Å². The molecule has 0 aliphatic carbocycles. The van der Waals surface area contributed by atoms with Crippen LogP contribution in [0.4, 0.5) is 0 Å². The van der Waals surface area contributed by atoms with Crippen LogP contribution in [0.25, 0.3) is 0 Å². The minimum atomic E-state index is -1.46. The van der Waals surface area contributed by atoms with E-state index in [1.165, 1.54) is 0 Å². The molecule has 0 aliphatic heterocycles. The lowest BCUT2D eigenvalue weighted by atomic mass is 10.3. The number of allylic oxidation sites excluding steroid dienone is 2. The van der Waals surface area contributed by atoms with Gasteiger partial charge in [-0.25, -0.2) is 0 Å². The smallest absolute Gasteiger partial charge is 0.0845 e. The molecule has 0 nitrogen and oxygen atoms in total. The summed E-state index contributed by atoms with van der Waals surface area (Å²) in [4.78, 5) is 0. The Morgan fingerprint density at radius 2 is 1.44 bits per heavy atom. The molecule has 0 aromatic carbocycles. The lowest BCUT2D eigenvalue weighted by Crippen LogP contribution is -2.02. The van der Waals surface area contributed by atoms with Gasteiger partial charge >= 0.3 is 0 Å². The number of halogens is 4. The molecule has 0 amide bonds. The summed E-state index contributed by atoms with van der Waals surface area (Å²) in [6.07, 6.45) is 0. The van der Waals surface area contributed by atoms with Crippen LogP contribution >= 0.6 is 46.4 Å². The second-order valence-electron chi connectivity index (χ2n) is 1.81. The van der Waals surface area contributed by atoms with Crippen LogP contribution in [0.3, 0.4) is 0 Å². The highest BCUT2D eigenvalue weighted by molar-refractivity contribution is 6.72. The van der Waals surface area contributed by atoms with Gasteiger partial charge in [-0.15, -0.1) is 0 Å². The number of hydrogen-bond acceptors (Lipinski definition) is 0. The maximum atomic E-state index is 5.58. The van der Waals surface area contributed by atoms with E-state index in [4.69, 9.17) is 46.4 Å². The van der Waals surface area contributed by atoms with E-state index in [1.807, 2.05) is 0 Å². The monoisotopic (exact) mass is 206 g/mol. The third kappa shape index (κ3) is 3.57. The molecule has 0 aromatic rings. The van der Waals surface area contributed by atoms with Gasteiger partial charge in [0, 0.05) is 0 Å². The molecule has 9 heavy (non-hydrogen) atoms.